The highest BCUT2D eigenvalue weighted by Crippen LogP contribution is 2.29. The van der Waals surface area contributed by atoms with Gasteiger partial charge in [0.05, 0.1) is 18.0 Å². The van der Waals surface area contributed by atoms with Crippen LogP contribution in [0.15, 0.2) is 47.5 Å². The molecule has 0 bridgehead atoms. The monoisotopic (exact) mass is 459 g/mol. The molecule has 0 aliphatic heterocycles. The number of carbonyl (C=O) groups is 2. The number of benzene rings is 1. The second kappa shape index (κ2) is 8.97. The first kappa shape index (κ1) is 23.2. The first-order valence-electron chi connectivity index (χ1n) is 9.76. The molecule has 2 amide bonds. The molecule has 1 aromatic carbocycles. The van der Waals surface area contributed by atoms with Crippen LogP contribution < -0.4 is 15.8 Å². The highest BCUT2D eigenvalue weighted by atomic mass is 32.2. The van der Waals surface area contributed by atoms with Gasteiger partial charge in [0, 0.05) is 17.3 Å². The first-order chi connectivity index (χ1) is 14.9. The molecule has 2 aromatic heterocycles. The summed E-state index contributed by atoms with van der Waals surface area (Å²) in [5, 5.41) is 3.13. The minimum absolute atomic E-state index is 0.0426. The Kier molecular flexibility index (Phi) is 6.51. The predicted octanol–water partition coefficient (Wildman–Crippen LogP) is 2.02. The number of ether oxygens (including phenoxy) is 1. The lowest BCUT2D eigenvalue weighted by Crippen LogP contribution is -2.40. The number of nitrogens with one attached hydrogen (secondary N) is 3. The van der Waals surface area contributed by atoms with Crippen LogP contribution in [0.5, 0.6) is 0 Å². The van der Waals surface area contributed by atoms with Crippen molar-refractivity contribution in [2.75, 3.05) is 6.67 Å². The van der Waals surface area contributed by atoms with Crippen molar-refractivity contribution < 1.29 is 22.7 Å². The predicted molar refractivity (Wildman–Crippen MR) is 119 cm³/mol. The molecule has 170 valence electrons. The average Bonchev–Trinajstić information content (AvgIpc) is 3.08. The van der Waals surface area contributed by atoms with E-state index in [2.05, 4.69) is 20.0 Å². The molecule has 32 heavy (non-hydrogen) atoms. The fraction of sp³-hybridized carbons (Fsp3) is 0.286. The summed E-state index contributed by atoms with van der Waals surface area (Å²) in [5.74, 6) is -0.457. The van der Waals surface area contributed by atoms with Crippen molar-refractivity contribution in [3.63, 3.8) is 0 Å². The van der Waals surface area contributed by atoms with Crippen molar-refractivity contribution in [1.82, 2.24) is 20.0 Å². The van der Waals surface area contributed by atoms with Crippen LogP contribution in [0.3, 0.4) is 0 Å². The van der Waals surface area contributed by atoms with Crippen LogP contribution >= 0.6 is 0 Å². The van der Waals surface area contributed by atoms with Gasteiger partial charge in [-0.25, -0.2) is 18.2 Å². The number of nitrogens with two attached hydrogens (primary N) is 1. The number of primary amides is 1. The third-order valence-corrected chi connectivity index (χ3v) is 5.74. The molecule has 0 saturated carbocycles. The maximum Gasteiger partial charge on any atom is 0.408 e. The fourth-order valence-electron chi connectivity index (χ4n) is 3.03. The molecule has 0 spiro atoms. The van der Waals surface area contributed by atoms with Crippen molar-refractivity contribution >= 4 is 33.1 Å². The van der Waals surface area contributed by atoms with Crippen LogP contribution in [0, 0.1) is 0 Å². The van der Waals surface area contributed by atoms with Crippen LogP contribution in [-0.4, -0.2) is 42.7 Å². The zero-order chi connectivity index (χ0) is 23.5. The number of rotatable bonds is 7. The van der Waals surface area contributed by atoms with Gasteiger partial charge in [0.25, 0.3) is 0 Å². The second-order valence-electron chi connectivity index (χ2n) is 8.09. The molecule has 11 heteroatoms. The lowest BCUT2D eigenvalue weighted by molar-refractivity contribution is -0.117. The lowest BCUT2D eigenvalue weighted by atomic mass is 10.0. The molecule has 0 atom stereocenters. The minimum Gasteiger partial charge on any atom is -0.444 e. The van der Waals surface area contributed by atoms with Crippen LogP contribution in [-0.2, 0) is 26.0 Å². The number of hydrogen-bond acceptors (Lipinski definition) is 6. The van der Waals surface area contributed by atoms with E-state index >= 15 is 0 Å². The number of nitrogens with zero attached hydrogens (tertiary/aromatic N) is 1. The molecule has 5 N–H and O–H groups in total. The van der Waals surface area contributed by atoms with Crippen molar-refractivity contribution in [2.24, 2.45) is 5.73 Å². The van der Waals surface area contributed by atoms with Crippen LogP contribution in [0.1, 0.15) is 26.5 Å². The zero-order valence-corrected chi connectivity index (χ0v) is 18.7. The van der Waals surface area contributed by atoms with Crippen LogP contribution in [0.25, 0.3) is 22.2 Å². The lowest BCUT2D eigenvalue weighted by Gasteiger charge is -2.19. The van der Waals surface area contributed by atoms with E-state index in [0.717, 1.165) is 16.5 Å². The molecule has 2 heterocycles. The van der Waals surface area contributed by atoms with Gasteiger partial charge in [-0.05, 0) is 56.2 Å². The zero-order valence-electron chi connectivity index (χ0n) is 17.9. The molecule has 0 fully saturated rings. The van der Waals surface area contributed by atoms with Crippen LogP contribution in [0.4, 0.5) is 4.79 Å². The van der Waals surface area contributed by atoms with E-state index in [9.17, 15) is 18.0 Å². The summed E-state index contributed by atoms with van der Waals surface area (Å²) in [7, 11) is -3.84. The first-order valence-corrected chi connectivity index (χ1v) is 11.2. The van der Waals surface area contributed by atoms with Crippen molar-refractivity contribution in [1.29, 1.82) is 0 Å². The van der Waals surface area contributed by atoms with E-state index in [1.807, 2.05) is 0 Å². The maximum atomic E-state index is 12.5. The second-order valence-corrected chi connectivity index (χ2v) is 9.85. The third kappa shape index (κ3) is 5.83. The maximum absolute atomic E-state index is 12.5. The SMILES string of the molecule is CC(C)(C)OC(=O)NCNS(=O)(=O)c1ccc(-c2ccnc3[nH]c(CC(N)=O)cc23)cc1. The van der Waals surface area contributed by atoms with Gasteiger partial charge >= 0.3 is 6.09 Å². The molecule has 0 unspecified atom stereocenters. The Labute approximate surface area is 185 Å². The number of hydrogen-bond donors (Lipinski definition) is 4. The summed E-state index contributed by atoms with van der Waals surface area (Å²) < 4.78 is 32.4. The normalized spacial score (nSPS) is 12.0. The van der Waals surface area contributed by atoms with Gasteiger partial charge in [0.15, 0.2) is 0 Å². The van der Waals surface area contributed by atoms with E-state index < -0.39 is 27.6 Å². The number of sulfonamides is 1. The van der Waals surface area contributed by atoms with Gasteiger partial charge in [-0.2, -0.15) is 4.72 Å². The molecule has 0 radical (unpaired) electrons. The summed E-state index contributed by atoms with van der Waals surface area (Å²) in [5.41, 5.74) is 7.42. The summed E-state index contributed by atoms with van der Waals surface area (Å²) in [6, 6.07) is 9.88. The van der Waals surface area contributed by atoms with Gasteiger partial charge in [-0.15, -0.1) is 0 Å². The third-order valence-electron chi connectivity index (χ3n) is 4.32. The topological polar surface area (TPSA) is 156 Å². The largest absolute Gasteiger partial charge is 0.444 e. The summed E-state index contributed by atoms with van der Waals surface area (Å²) in [4.78, 5) is 30.2. The molecule has 0 aliphatic rings. The van der Waals surface area contributed by atoms with Gasteiger partial charge in [0.2, 0.25) is 15.9 Å². The van der Waals surface area contributed by atoms with E-state index in [1.165, 1.54) is 12.1 Å². The molecule has 10 nitrogen and oxygen atoms in total. The highest BCUT2D eigenvalue weighted by molar-refractivity contribution is 7.89. The van der Waals surface area contributed by atoms with Gasteiger partial charge in [-0.3, -0.25) is 4.79 Å². The molecule has 3 rings (SSSR count). The number of fused-ring (bicyclic) bond motifs is 1. The van der Waals surface area contributed by atoms with Crippen LogP contribution in [0.2, 0.25) is 0 Å². The Hall–Kier alpha value is -3.44. The summed E-state index contributed by atoms with van der Waals surface area (Å²) in [6.07, 6.45) is 0.965. The average molecular weight is 460 g/mol. The Balaban J connectivity index is 1.74. The van der Waals surface area contributed by atoms with E-state index in [0.29, 0.717) is 11.3 Å². The molecule has 0 saturated heterocycles. The number of aromatic amines is 1. The number of pyridine rings is 1. The number of H-pyrrole nitrogens is 1. The number of carbonyl (C=O) groups excluding carboxylic acids is 2. The summed E-state index contributed by atoms with van der Waals surface area (Å²) >= 11 is 0. The van der Waals surface area contributed by atoms with Gasteiger partial charge < -0.3 is 20.8 Å². The fourth-order valence-corrected chi connectivity index (χ4v) is 3.95. The molecular formula is C21H25N5O5S. The number of amides is 2. The number of alkyl carbamates (subject to hydrolysis) is 1. The molecular weight excluding hydrogens is 434 g/mol. The highest BCUT2D eigenvalue weighted by Gasteiger charge is 2.18. The van der Waals surface area contributed by atoms with Crippen molar-refractivity contribution in [3.05, 3.63) is 48.3 Å². The summed E-state index contributed by atoms with van der Waals surface area (Å²) in [6.45, 7) is 4.82. The van der Waals surface area contributed by atoms with Crippen molar-refractivity contribution in [2.45, 2.75) is 37.7 Å². The molecule has 3 aromatic rings. The standard InChI is InChI=1S/C21H25N5O5S/c1-21(2,3)31-20(28)24-12-25-32(29,30)15-6-4-13(5-7-15)16-8-9-23-19-17(16)10-14(26-19)11-18(22)27/h4-10,25H,11-12H2,1-3H3,(H2,22,27)(H,23,26)(H,24,28). The quantitative estimate of drug-likeness (QED) is 0.396. The Bertz CT molecular complexity index is 1240. The minimum atomic E-state index is -3.84. The molecule has 0 aliphatic carbocycles. The van der Waals surface area contributed by atoms with Gasteiger partial charge in [-0.1, -0.05) is 12.1 Å². The van der Waals surface area contributed by atoms with Crippen molar-refractivity contribution in [3.8, 4) is 11.1 Å². The Morgan fingerprint density at radius 2 is 1.84 bits per heavy atom. The number of aromatic nitrogens is 2. The van der Waals surface area contributed by atoms with E-state index in [4.69, 9.17) is 10.5 Å². The van der Waals surface area contributed by atoms with Gasteiger partial charge in [0.1, 0.15) is 11.2 Å². The van der Waals surface area contributed by atoms with E-state index in [-0.39, 0.29) is 18.0 Å². The Morgan fingerprint density at radius 3 is 2.47 bits per heavy atom. The van der Waals surface area contributed by atoms with E-state index in [1.54, 1.807) is 51.2 Å². The smallest absolute Gasteiger partial charge is 0.408 e. The Morgan fingerprint density at radius 1 is 1.16 bits per heavy atom.